The zero-order chi connectivity index (χ0) is 90.6. The van der Waals surface area contributed by atoms with Crippen LogP contribution in [0, 0.1) is 22.1 Å². The summed E-state index contributed by atoms with van der Waals surface area (Å²) in [5.41, 5.74) is 54.9. The number of hydrogen-bond acceptors (Lipinski definition) is 24. The van der Waals surface area contributed by atoms with Crippen molar-refractivity contribution < 1.29 is 91.7 Å². The number of guanidine groups is 3. The van der Waals surface area contributed by atoms with E-state index in [9.17, 15) is 91.7 Å². The van der Waals surface area contributed by atoms with Gasteiger partial charge in [-0.15, -0.1) is 0 Å². The highest BCUT2D eigenvalue weighted by Gasteiger charge is 2.39. The number of aliphatic carboxylic acids is 1. The van der Waals surface area contributed by atoms with Crippen molar-refractivity contribution in [1.29, 1.82) is 16.2 Å². The van der Waals surface area contributed by atoms with E-state index in [2.05, 4.69) is 106 Å². The van der Waals surface area contributed by atoms with Crippen LogP contribution in [0.2, 0.25) is 0 Å². The minimum absolute atomic E-state index is 0.0226. The summed E-state index contributed by atoms with van der Waals surface area (Å²) in [6, 6.07) is -23.3. The van der Waals surface area contributed by atoms with Gasteiger partial charge >= 0.3 is 30.1 Å². The number of carboxylic acids is 1. The van der Waals surface area contributed by atoms with Crippen LogP contribution >= 0.6 is 0 Å². The number of nitrogens with one attached hydrogen (secondary N) is 22. The number of aromatic amines is 1. The van der Waals surface area contributed by atoms with Crippen molar-refractivity contribution in [3.8, 4) is 0 Å². The zero-order valence-electron chi connectivity index (χ0n) is 67.6. The normalized spacial score (nSPS) is 14.3. The first-order valence-corrected chi connectivity index (χ1v) is 38.9. The molecule has 14 atom stereocenters. The molecular weight excluding hydrogens is 1580 g/mol. The number of H-pyrrole nitrogens is 1. The predicted molar refractivity (Wildman–Crippen MR) is 432 cm³/mol. The van der Waals surface area contributed by atoms with E-state index in [-0.39, 0.29) is 173 Å². The van der Waals surface area contributed by atoms with Gasteiger partial charge in [-0.2, -0.15) is 0 Å². The first-order valence-electron chi connectivity index (χ1n) is 38.9. The van der Waals surface area contributed by atoms with Gasteiger partial charge in [0.1, 0.15) is 66.5 Å². The molecule has 52 nitrogen and oxygen atoms in total. The Balaban J connectivity index is 3.89. The van der Waals surface area contributed by atoms with E-state index in [1.165, 1.54) is 12.5 Å². The molecule has 1 rings (SSSR count). The molecule has 0 saturated heterocycles. The third-order valence-corrected chi connectivity index (χ3v) is 18.1. The molecule has 120 heavy (non-hydrogen) atoms. The summed E-state index contributed by atoms with van der Waals surface area (Å²) in [4.78, 5) is 237. The SMILES string of the molecule is CC[C@H](C)[C@H](NC(=O)[C@H](Cc1cnc[nH]1)NC(=O)[C@H](CCCNC(N)=O)NC(=O)[C@@H](NC(=O)[C@H](CC(N)=O)NC(=O)[C@H](CCCNC(=N)N)NC(=O)[C@H](CCCNC(N)=O)NC(=O)[C@H](CCCNC(N)=O)NC(=O)[C@@H](N)CCCNC(=N)N)[C@@H](C)O)C(=O)N[C@@H](CCCCN)C(=O)N[C@@H](CCCNC(N)=O)C(=O)N[C@@H](CCCNC(=N)N)C(=O)O. The number of carboxylic acid groups (broad SMARTS) is 1. The average Bonchev–Trinajstić information content (AvgIpc) is 1.22. The van der Waals surface area contributed by atoms with Gasteiger partial charge in [0.05, 0.1) is 24.9 Å². The predicted octanol–water partition coefficient (Wildman–Crippen LogP) is -11.3. The number of primary amides is 5. The minimum Gasteiger partial charge on any atom is -0.480 e. The molecule has 0 fully saturated rings. The van der Waals surface area contributed by atoms with Gasteiger partial charge in [-0.1, -0.05) is 20.3 Å². The molecule has 1 aromatic rings. The molecule has 0 aliphatic rings. The highest BCUT2D eigenvalue weighted by atomic mass is 16.4. The summed E-state index contributed by atoms with van der Waals surface area (Å²) < 4.78 is 0. The summed E-state index contributed by atoms with van der Waals surface area (Å²) in [5.74, 6) is -16.4. The minimum atomic E-state index is -2.10. The van der Waals surface area contributed by atoms with Crippen molar-refractivity contribution in [2.75, 3.05) is 52.4 Å². The van der Waals surface area contributed by atoms with Gasteiger partial charge in [-0.05, 0) is 129 Å². The van der Waals surface area contributed by atoms with E-state index in [0.717, 1.165) is 6.92 Å². The fourth-order valence-electron chi connectivity index (χ4n) is 11.5. The Labute approximate surface area is 691 Å². The Morgan fingerprint density at radius 2 is 0.675 bits per heavy atom. The van der Waals surface area contributed by atoms with Crippen LogP contribution in [0.25, 0.3) is 0 Å². The third-order valence-electron chi connectivity index (χ3n) is 18.1. The zero-order valence-corrected chi connectivity index (χ0v) is 67.6. The van der Waals surface area contributed by atoms with Crippen LogP contribution in [-0.2, 0) is 68.7 Å². The van der Waals surface area contributed by atoms with E-state index in [0.29, 0.717) is 6.42 Å². The van der Waals surface area contributed by atoms with Gasteiger partial charge in [0.25, 0.3) is 0 Å². The topological polar surface area (TPSA) is 908 Å². The number of aromatic nitrogens is 2. The summed E-state index contributed by atoms with van der Waals surface area (Å²) in [5, 5.41) is 87.8. The molecule has 0 radical (unpaired) electrons. The molecule has 0 saturated carbocycles. The van der Waals surface area contributed by atoms with E-state index in [1.54, 1.807) is 13.8 Å². The van der Waals surface area contributed by atoms with Crippen LogP contribution in [0.3, 0.4) is 0 Å². The molecule has 0 aliphatic heterocycles. The van der Waals surface area contributed by atoms with Crippen molar-refractivity contribution in [2.24, 2.45) is 63.3 Å². The highest BCUT2D eigenvalue weighted by Crippen LogP contribution is 2.15. The molecule has 0 aromatic carbocycles. The van der Waals surface area contributed by atoms with Gasteiger partial charge < -0.3 is 168 Å². The lowest BCUT2D eigenvalue weighted by molar-refractivity contribution is -0.142. The van der Waals surface area contributed by atoms with Gasteiger partial charge in [0.2, 0.25) is 70.9 Å². The molecular formula is C68H125N33O19. The van der Waals surface area contributed by atoms with Crippen LogP contribution in [0.15, 0.2) is 12.5 Å². The fourth-order valence-corrected chi connectivity index (χ4v) is 11.5. The van der Waals surface area contributed by atoms with Crippen molar-refractivity contribution in [3.05, 3.63) is 18.2 Å². The van der Waals surface area contributed by atoms with Gasteiger partial charge in [0.15, 0.2) is 17.9 Å². The van der Waals surface area contributed by atoms with Gasteiger partial charge in [0, 0.05) is 64.1 Å². The monoisotopic (exact) mass is 1710 g/mol. The Bertz CT molecular complexity index is 3560. The highest BCUT2D eigenvalue weighted by molar-refractivity contribution is 6.00. The maximum absolute atomic E-state index is 14.8. The number of amides is 20. The number of aliphatic hydroxyl groups excluding tert-OH is 1. The second-order valence-electron chi connectivity index (χ2n) is 28.0. The molecule has 676 valence electrons. The summed E-state index contributed by atoms with van der Waals surface area (Å²) >= 11 is 0. The molecule has 44 N–H and O–H groups in total. The van der Waals surface area contributed by atoms with Crippen LogP contribution in [-0.4, -0.2) is 270 Å². The van der Waals surface area contributed by atoms with E-state index >= 15 is 0 Å². The van der Waals surface area contributed by atoms with Crippen molar-refractivity contribution in [1.82, 2.24) is 106 Å². The molecule has 52 heteroatoms. The van der Waals surface area contributed by atoms with Gasteiger partial charge in [-0.25, -0.2) is 29.0 Å². The molecule has 0 unspecified atom stereocenters. The molecule has 0 aliphatic carbocycles. The Kier molecular flexibility index (Phi) is 50.8. The maximum atomic E-state index is 14.8. The van der Waals surface area contributed by atoms with E-state index in [4.69, 9.17) is 73.6 Å². The summed E-state index contributed by atoms with van der Waals surface area (Å²) in [7, 11) is 0. The number of carbonyl (C=O) groups is 17. The Morgan fingerprint density at radius 1 is 0.383 bits per heavy atom. The molecule has 0 spiro atoms. The van der Waals surface area contributed by atoms with Crippen LogP contribution in [0.5, 0.6) is 0 Å². The van der Waals surface area contributed by atoms with Crippen LogP contribution in [0.1, 0.15) is 148 Å². The number of hydrogen-bond donors (Lipinski definition) is 34. The number of nitrogens with zero attached hydrogens (tertiary/aromatic N) is 1. The van der Waals surface area contributed by atoms with E-state index < -0.39 is 211 Å². The van der Waals surface area contributed by atoms with Crippen molar-refractivity contribution in [2.45, 2.75) is 228 Å². The van der Waals surface area contributed by atoms with Crippen molar-refractivity contribution >= 4 is 119 Å². The summed E-state index contributed by atoms with van der Waals surface area (Å²) in [6.45, 7) is 4.04. The average molecular weight is 1710 g/mol. The number of nitrogens with two attached hydrogens (primary N) is 10. The van der Waals surface area contributed by atoms with E-state index in [1.807, 2.05) is 0 Å². The number of imidazole rings is 1. The largest absolute Gasteiger partial charge is 0.480 e. The lowest BCUT2D eigenvalue weighted by atomic mass is 9.96. The number of rotatable bonds is 62. The fraction of sp³-hybridized carbons (Fsp3) is 0.662. The lowest BCUT2D eigenvalue weighted by Crippen LogP contribution is -2.62. The number of urea groups is 4. The Hall–Kier alpha value is -12.9. The quantitative estimate of drug-likeness (QED) is 0.0164. The second kappa shape index (κ2) is 58.0. The number of unbranched alkanes of at least 4 members (excludes halogenated alkanes) is 1. The number of carbonyl (C=O) groups excluding carboxylic acids is 16. The number of aliphatic hydroxyl groups is 1. The van der Waals surface area contributed by atoms with Crippen LogP contribution < -0.4 is 153 Å². The first kappa shape index (κ1) is 105. The summed E-state index contributed by atoms with van der Waals surface area (Å²) in [6.07, 6.45) is -1.52. The standard InChI is InChI=1S/C68H125N33O19/c1-4-34(2)48(59(113)95-38(15-5-6-22-69)51(105)93-41(19-11-28-88-67(80)119)54(108)97-44(61(115)116)21-13-25-85-64(76)77)100-57(111)45(30-36-32-82-33-90-36)98-56(110)43(20-12-29-89-68(81)120)96-60(114)49(35(3)102)101-58(112)46(31-47(71)103)99-55(109)42(16-8-24-84-63(74)75)94-53(107)40(18-10-27-87-66(79)118)92-52(106)39(17-9-26-86-65(78)117)91-50(104)37(70)14-7-23-83-62(72)73/h32-35,37-46,48-49,102H,4-31,69-70H2,1-3H3,(H2,71,103)(H,82,90)(H,91,104)(H,92,106)(H,93,105)(H,94,107)(H,95,113)(H,96,114)(H,97,108)(H,98,110)(H,99,109)(H,100,111)(H,101,112)(H,115,116)(H4,72,73,83)(H4,74,75,84)(H4,76,77,85)(H3,78,86,117)(H3,79,87,118)(H3,80,88,119)(H3,81,89,120)/t34-,35+,37-,38-,39-,40-,41-,42-,43-,44-,45-,46-,48-,49-/m0/s1. The van der Waals surface area contributed by atoms with Crippen LogP contribution in [0.4, 0.5) is 19.2 Å². The first-order chi connectivity index (χ1) is 56.6. The molecule has 1 heterocycles. The third kappa shape index (κ3) is 45.6. The second-order valence-corrected chi connectivity index (χ2v) is 28.0. The van der Waals surface area contributed by atoms with Crippen molar-refractivity contribution in [3.63, 3.8) is 0 Å². The maximum Gasteiger partial charge on any atom is 0.326 e. The Morgan fingerprint density at radius 3 is 1.00 bits per heavy atom. The molecule has 1 aromatic heterocycles. The lowest BCUT2D eigenvalue weighted by Gasteiger charge is -2.30. The molecule has 0 bridgehead atoms. The van der Waals surface area contributed by atoms with Gasteiger partial charge in [-0.3, -0.25) is 73.8 Å². The smallest absolute Gasteiger partial charge is 0.326 e. The molecule has 20 amide bonds.